The average molecular weight is 217 g/mol. The van der Waals surface area contributed by atoms with E-state index in [0.29, 0.717) is 0 Å². The maximum atomic E-state index is 9.87. The molecule has 0 aliphatic carbocycles. The van der Waals surface area contributed by atoms with Crippen LogP contribution in [0.25, 0.3) is 6.20 Å². The van der Waals surface area contributed by atoms with Crippen LogP contribution in [-0.2, 0) is 0 Å². The number of benzene rings is 1. The molecule has 0 fully saturated rings. The van der Waals surface area contributed by atoms with Gasteiger partial charge < -0.3 is 0 Å². The van der Waals surface area contributed by atoms with Crippen LogP contribution in [0.4, 0.5) is 0 Å². The molecular formula is C12H15N3O. The zero-order chi connectivity index (χ0) is 11.8. The third-order valence-corrected chi connectivity index (χ3v) is 2.40. The van der Waals surface area contributed by atoms with Gasteiger partial charge in [0.05, 0.1) is 11.8 Å². The Morgan fingerprint density at radius 1 is 1.31 bits per heavy atom. The first-order valence-electron chi connectivity index (χ1n) is 5.18. The number of fused-ring (bicyclic) bond motifs is 1. The van der Waals surface area contributed by atoms with E-state index in [2.05, 4.69) is 10.2 Å². The van der Waals surface area contributed by atoms with E-state index in [1.165, 1.54) is 5.06 Å². The van der Waals surface area contributed by atoms with E-state index >= 15 is 0 Å². The predicted octanol–water partition coefficient (Wildman–Crippen LogP) is 0.881. The van der Waals surface area contributed by atoms with Crippen molar-refractivity contribution in [1.82, 2.24) is 5.06 Å². The molecule has 0 atom stereocenters. The van der Waals surface area contributed by atoms with Gasteiger partial charge in [-0.15, -0.1) is 5.10 Å². The summed E-state index contributed by atoms with van der Waals surface area (Å²) < 4.78 is 0. The second-order valence-corrected chi connectivity index (χ2v) is 4.77. The van der Waals surface area contributed by atoms with Crippen molar-refractivity contribution in [2.75, 3.05) is 0 Å². The SMILES string of the molecule is CC(C)(C)N(O)C=c1cccc2c1=NN=C2. The molecule has 0 aromatic heterocycles. The Balaban J connectivity index is 2.52. The molecule has 1 aromatic carbocycles. The lowest BCUT2D eigenvalue weighted by atomic mass is 10.1. The maximum absolute atomic E-state index is 9.87. The Morgan fingerprint density at radius 2 is 2.06 bits per heavy atom. The van der Waals surface area contributed by atoms with Crippen molar-refractivity contribution in [3.05, 3.63) is 34.3 Å². The average Bonchev–Trinajstić information content (AvgIpc) is 2.65. The summed E-state index contributed by atoms with van der Waals surface area (Å²) in [6.45, 7) is 5.79. The minimum absolute atomic E-state index is 0.331. The number of rotatable bonds is 1. The third-order valence-electron chi connectivity index (χ3n) is 2.40. The zero-order valence-electron chi connectivity index (χ0n) is 9.68. The monoisotopic (exact) mass is 217 g/mol. The Kier molecular flexibility index (Phi) is 2.52. The molecule has 1 aliphatic heterocycles. The van der Waals surface area contributed by atoms with Crippen LogP contribution in [0.3, 0.4) is 0 Å². The van der Waals surface area contributed by atoms with Crippen molar-refractivity contribution < 1.29 is 5.21 Å². The van der Waals surface area contributed by atoms with Gasteiger partial charge in [0, 0.05) is 17.0 Å². The number of hydroxylamine groups is 2. The van der Waals surface area contributed by atoms with E-state index in [9.17, 15) is 5.21 Å². The number of hydrogen-bond acceptors (Lipinski definition) is 4. The second kappa shape index (κ2) is 3.72. The van der Waals surface area contributed by atoms with E-state index in [1.807, 2.05) is 39.0 Å². The highest BCUT2D eigenvalue weighted by molar-refractivity contribution is 5.80. The van der Waals surface area contributed by atoms with Crippen molar-refractivity contribution in [3.63, 3.8) is 0 Å². The van der Waals surface area contributed by atoms with E-state index in [0.717, 1.165) is 16.1 Å². The predicted molar refractivity (Wildman–Crippen MR) is 62.7 cm³/mol. The molecule has 2 rings (SSSR count). The first-order chi connectivity index (χ1) is 7.48. The third kappa shape index (κ3) is 1.97. The summed E-state index contributed by atoms with van der Waals surface area (Å²) in [5.74, 6) is 0. The molecule has 1 aliphatic rings. The lowest BCUT2D eigenvalue weighted by Crippen LogP contribution is -2.38. The minimum atomic E-state index is -0.331. The smallest absolute Gasteiger partial charge is 0.103 e. The summed E-state index contributed by atoms with van der Waals surface area (Å²) >= 11 is 0. The van der Waals surface area contributed by atoms with Crippen LogP contribution >= 0.6 is 0 Å². The molecule has 0 amide bonds. The quantitative estimate of drug-likeness (QED) is 0.710. The summed E-state index contributed by atoms with van der Waals surface area (Å²) in [5, 5.41) is 20.6. The van der Waals surface area contributed by atoms with Gasteiger partial charge in [-0.2, -0.15) is 5.10 Å². The lowest BCUT2D eigenvalue weighted by Gasteiger charge is -2.27. The van der Waals surface area contributed by atoms with Crippen LogP contribution in [-0.4, -0.2) is 22.0 Å². The fourth-order valence-electron chi connectivity index (χ4n) is 1.38. The van der Waals surface area contributed by atoms with Crippen LogP contribution in [0.15, 0.2) is 28.4 Å². The highest BCUT2D eigenvalue weighted by atomic mass is 16.5. The first-order valence-corrected chi connectivity index (χ1v) is 5.18. The van der Waals surface area contributed by atoms with Crippen molar-refractivity contribution in [3.8, 4) is 0 Å². The molecule has 1 N–H and O–H groups in total. The van der Waals surface area contributed by atoms with Crippen molar-refractivity contribution >= 4 is 12.4 Å². The fraction of sp³-hybridized carbons (Fsp3) is 0.333. The molecule has 0 bridgehead atoms. The van der Waals surface area contributed by atoms with E-state index in [4.69, 9.17) is 0 Å². The van der Waals surface area contributed by atoms with Gasteiger partial charge in [0.15, 0.2) is 0 Å². The van der Waals surface area contributed by atoms with Gasteiger partial charge in [0.1, 0.15) is 5.36 Å². The highest BCUT2D eigenvalue weighted by Crippen LogP contribution is 2.09. The second-order valence-electron chi connectivity index (χ2n) is 4.77. The molecule has 16 heavy (non-hydrogen) atoms. The Bertz CT molecular complexity index is 540. The van der Waals surface area contributed by atoms with E-state index < -0.39 is 0 Å². The van der Waals surface area contributed by atoms with Gasteiger partial charge in [-0.25, -0.2) is 0 Å². The molecule has 1 heterocycles. The van der Waals surface area contributed by atoms with Gasteiger partial charge in [0.25, 0.3) is 0 Å². The maximum Gasteiger partial charge on any atom is 0.103 e. The van der Waals surface area contributed by atoms with Crippen molar-refractivity contribution in [1.29, 1.82) is 0 Å². The van der Waals surface area contributed by atoms with Crippen LogP contribution < -0.4 is 10.6 Å². The summed E-state index contributed by atoms with van der Waals surface area (Å²) in [6.07, 6.45) is 3.39. The molecule has 0 unspecified atom stereocenters. The first kappa shape index (κ1) is 10.8. The molecule has 0 saturated heterocycles. The van der Waals surface area contributed by atoms with Gasteiger partial charge >= 0.3 is 0 Å². The van der Waals surface area contributed by atoms with Crippen LogP contribution in [0, 0.1) is 0 Å². The molecule has 0 radical (unpaired) electrons. The van der Waals surface area contributed by atoms with Crippen LogP contribution in [0.1, 0.15) is 26.3 Å². The highest BCUT2D eigenvalue weighted by Gasteiger charge is 2.15. The summed E-state index contributed by atoms with van der Waals surface area (Å²) in [5.41, 5.74) is 0.651. The van der Waals surface area contributed by atoms with E-state index in [-0.39, 0.29) is 5.54 Å². The van der Waals surface area contributed by atoms with E-state index in [1.54, 1.807) is 12.4 Å². The molecule has 4 heteroatoms. The standard InChI is InChI=1S/C12H15N3O/c1-12(2,3)15(16)8-10-6-4-5-9-7-13-14-11(9)10/h4-8,16H,1-3H3. The summed E-state index contributed by atoms with van der Waals surface area (Å²) in [4.78, 5) is 0. The summed E-state index contributed by atoms with van der Waals surface area (Å²) in [6, 6.07) is 5.78. The normalized spacial score (nSPS) is 14.9. The lowest BCUT2D eigenvalue weighted by molar-refractivity contribution is -0.0906. The molecule has 1 aromatic rings. The summed E-state index contributed by atoms with van der Waals surface area (Å²) in [7, 11) is 0. The number of nitrogens with zero attached hydrogens (tertiary/aromatic N) is 3. The van der Waals surface area contributed by atoms with Gasteiger partial charge in [-0.3, -0.25) is 10.3 Å². The Morgan fingerprint density at radius 3 is 2.75 bits per heavy atom. The molecule has 0 saturated carbocycles. The molecular weight excluding hydrogens is 202 g/mol. The van der Waals surface area contributed by atoms with Crippen molar-refractivity contribution in [2.45, 2.75) is 26.3 Å². The van der Waals surface area contributed by atoms with Gasteiger partial charge in [-0.05, 0) is 20.8 Å². The number of hydrogen-bond donors (Lipinski definition) is 1. The topological polar surface area (TPSA) is 48.2 Å². The van der Waals surface area contributed by atoms with Crippen LogP contribution in [0.5, 0.6) is 0 Å². The Hall–Kier alpha value is -1.68. The zero-order valence-corrected chi connectivity index (χ0v) is 9.68. The Labute approximate surface area is 94.2 Å². The largest absolute Gasteiger partial charge is 0.288 e. The van der Waals surface area contributed by atoms with Crippen molar-refractivity contribution in [2.24, 2.45) is 10.2 Å². The fourth-order valence-corrected chi connectivity index (χ4v) is 1.38. The molecule has 0 spiro atoms. The van der Waals surface area contributed by atoms with Gasteiger partial charge in [-0.1, -0.05) is 18.2 Å². The van der Waals surface area contributed by atoms with Gasteiger partial charge in [0.2, 0.25) is 0 Å². The van der Waals surface area contributed by atoms with Crippen LogP contribution in [0.2, 0.25) is 0 Å². The molecule has 84 valence electrons. The molecule has 4 nitrogen and oxygen atoms in total. The minimum Gasteiger partial charge on any atom is -0.288 e.